The van der Waals surface area contributed by atoms with E-state index in [-0.39, 0.29) is 17.8 Å². The maximum atomic E-state index is 12.9. The predicted octanol–water partition coefficient (Wildman–Crippen LogP) is 4.08. The third-order valence-electron chi connectivity index (χ3n) is 3.84. The van der Waals surface area contributed by atoms with E-state index in [0.717, 1.165) is 24.9 Å². The molecule has 118 valence electrons. The maximum absolute atomic E-state index is 12.9. The molecule has 3 nitrogen and oxygen atoms in total. The fraction of sp³-hybridized carbons (Fsp3) is 0.211. The van der Waals surface area contributed by atoms with Gasteiger partial charge in [-0.1, -0.05) is 42.5 Å². The topological polar surface area (TPSA) is 29.5 Å². The Hall–Kier alpha value is -2.46. The molecule has 1 saturated heterocycles. The zero-order valence-electron chi connectivity index (χ0n) is 12.7. The number of hydrogen-bond acceptors (Lipinski definition) is 3. The number of benzene rings is 2. The highest BCUT2D eigenvalue weighted by molar-refractivity contribution is 5.89. The SMILES string of the molecule is O=C(ON1CCC[C@@H]1/C=C/c1ccc(F)cc1)c1ccccc1. The summed E-state index contributed by atoms with van der Waals surface area (Å²) in [5, 5.41) is 1.72. The van der Waals surface area contributed by atoms with E-state index < -0.39 is 0 Å². The monoisotopic (exact) mass is 311 g/mol. The highest BCUT2D eigenvalue weighted by Crippen LogP contribution is 2.21. The molecular weight excluding hydrogens is 293 g/mol. The molecule has 0 aliphatic carbocycles. The first-order valence-corrected chi connectivity index (χ1v) is 7.70. The second-order valence-electron chi connectivity index (χ2n) is 5.51. The van der Waals surface area contributed by atoms with Crippen LogP contribution in [-0.2, 0) is 4.84 Å². The summed E-state index contributed by atoms with van der Waals surface area (Å²) in [7, 11) is 0. The van der Waals surface area contributed by atoms with Crippen molar-refractivity contribution in [1.29, 1.82) is 0 Å². The van der Waals surface area contributed by atoms with Crippen LogP contribution >= 0.6 is 0 Å². The van der Waals surface area contributed by atoms with Crippen LogP contribution in [0, 0.1) is 5.82 Å². The van der Waals surface area contributed by atoms with Crippen molar-refractivity contribution in [2.75, 3.05) is 6.54 Å². The average Bonchev–Trinajstić information content (AvgIpc) is 3.02. The Bertz CT molecular complexity index is 682. The molecule has 0 aromatic heterocycles. The Kier molecular flexibility index (Phi) is 4.83. The molecule has 0 N–H and O–H groups in total. The first kappa shape index (κ1) is 15.4. The molecule has 2 aromatic rings. The second-order valence-corrected chi connectivity index (χ2v) is 5.51. The molecule has 1 fully saturated rings. The van der Waals surface area contributed by atoms with Crippen LogP contribution < -0.4 is 0 Å². The number of carbonyl (C=O) groups excluding carboxylic acids is 1. The summed E-state index contributed by atoms with van der Waals surface area (Å²) in [6.07, 6.45) is 5.83. The van der Waals surface area contributed by atoms with Gasteiger partial charge in [-0.05, 0) is 42.7 Å². The van der Waals surface area contributed by atoms with E-state index >= 15 is 0 Å². The Balaban J connectivity index is 1.63. The molecule has 0 radical (unpaired) electrons. The van der Waals surface area contributed by atoms with E-state index in [1.165, 1.54) is 12.1 Å². The van der Waals surface area contributed by atoms with E-state index in [1.54, 1.807) is 29.3 Å². The van der Waals surface area contributed by atoms with Crippen LogP contribution in [0.1, 0.15) is 28.8 Å². The first-order valence-electron chi connectivity index (χ1n) is 7.70. The first-order chi connectivity index (χ1) is 11.2. The maximum Gasteiger partial charge on any atom is 0.357 e. The van der Waals surface area contributed by atoms with Crippen molar-refractivity contribution in [2.45, 2.75) is 18.9 Å². The van der Waals surface area contributed by atoms with Crippen LogP contribution in [0.4, 0.5) is 4.39 Å². The largest absolute Gasteiger partial charge is 0.363 e. The van der Waals surface area contributed by atoms with Crippen molar-refractivity contribution < 1.29 is 14.0 Å². The fourth-order valence-electron chi connectivity index (χ4n) is 2.60. The average molecular weight is 311 g/mol. The predicted molar refractivity (Wildman–Crippen MR) is 87.0 cm³/mol. The van der Waals surface area contributed by atoms with Crippen LogP contribution in [0.15, 0.2) is 60.7 Å². The van der Waals surface area contributed by atoms with Crippen LogP contribution in [0.5, 0.6) is 0 Å². The summed E-state index contributed by atoms with van der Waals surface area (Å²) in [4.78, 5) is 17.6. The van der Waals surface area contributed by atoms with Gasteiger partial charge in [0.15, 0.2) is 0 Å². The van der Waals surface area contributed by atoms with E-state index in [9.17, 15) is 9.18 Å². The van der Waals surface area contributed by atoms with Gasteiger partial charge in [-0.3, -0.25) is 0 Å². The van der Waals surface area contributed by atoms with Crippen LogP contribution in [0.25, 0.3) is 6.08 Å². The number of hydrogen-bond donors (Lipinski definition) is 0. The Morgan fingerprint density at radius 3 is 2.61 bits per heavy atom. The minimum Gasteiger partial charge on any atom is -0.363 e. The van der Waals surface area contributed by atoms with Crippen molar-refractivity contribution >= 4 is 12.0 Å². The van der Waals surface area contributed by atoms with Gasteiger partial charge >= 0.3 is 5.97 Å². The Morgan fingerprint density at radius 2 is 1.87 bits per heavy atom. The number of rotatable bonds is 4. The molecule has 0 saturated carbocycles. The van der Waals surface area contributed by atoms with Gasteiger partial charge in [0.25, 0.3) is 0 Å². The molecule has 0 bridgehead atoms. The minimum absolute atomic E-state index is 0.0488. The molecule has 0 spiro atoms. The third-order valence-corrected chi connectivity index (χ3v) is 3.84. The van der Waals surface area contributed by atoms with E-state index in [1.807, 2.05) is 30.4 Å². The molecule has 23 heavy (non-hydrogen) atoms. The minimum atomic E-state index is -0.340. The Morgan fingerprint density at radius 1 is 1.13 bits per heavy atom. The van der Waals surface area contributed by atoms with E-state index in [0.29, 0.717) is 5.56 Å². The van der Waals surface area contributed by atoms with Gasteiger partial charge in [0, 0.05) is 6.54 Å². The number of halogens is 1. The van der Waals surface area contributed by atoms with Gasteiger partial charge in [0.1, 0.15) is 5.82 Å². The molecular formula is C19H18FNO2. The lowest BCUT2D eigenvalue weighted by Crippen LogP contribution is -2.30. The molecule has 2 aromatic carbocycles. The summed E-state index contributed by atoms with van der Waals surface area (Å²) < 4.78 is 12.9. The molecule has 3 rings (SSSR count). The Labute approximate surface area is 135 Å². The summed E-state index contributed by atoms with van der Waals surface area (Å²) in [6, 6.07) is 15.3. The highest BCUT2D eigenvalue weighted by Gasteiger charge is 2.26. The van der Waals surface area contributed by atoms with Crippen molar-refractivity contribution in [2.24, 2.45) is 0 Å². The van der Waals surface area contributed by atoms with Crippen molar-refractivity contribution in [3.8, 4) is 0 Å². The fourth-order valence-corrected chi connectivity index (χ4v) is 2.60. The van der Waals surface area contributed by atoms with Gasteiger partial charge in [0.05, 0.1) is 11.6 Å². The van der Waals surface area contributed by atoms with Crippen LogP contribution in [0.2, 0.25) is 0 Å². The number of hydroxylamine groups is 2. The molecule has 1 aliphatic heterocycles. The second kappa shape index (κ2) is 7.20. The normalized spacial score (nSPS) is 18.4. The quantitative estimate of drug-likeness (QED) is 0.852. The molecule has 4 heteroatoms. The lowest BCUT2D eigenvalue weighted by molar-refractivity contribution is -0.109. The third kappa shape index (κ3) is 4.05. The zero-order valence-corrected chi connectivity index (χ0v) is 12.7. The number of carbonyl (C=O) groups is 1. The zero-order chi connectivity index (χ0) is 16.1. The number of nitrogens with zero attached hydrogens (tertiary/aromatic N) is 1. The van der Waals surface area contributed by atoms with E-state index in [2.05, 4.69) is 0 Å². The smallest absolute Gasteiger partial charge is 0.357 e. The van der Waals surface area contributed by atoms with Crippen molar-refractivity contribution in [3.63, 3.8) is 0 Å². The summed E-state index contributed by atoms with van der Waals surface area (Å²) in [5.41, 5.74) is 1.47. The van der Waals surface area contributed by atoms with Crippen LogP contribution in [0.3, 0.4) is 0 Å². The lowest BCUT2D eigenvalue weighted by Gasteiger charge is -2.20. The molecule has 1 heterocycles. The van der Waals surface area contributed by atoms with Crippen molar-refractivity contribution in [3.05, 3.63) is 77.6 Å². The van der Waals surface area contributed by atoms with Crippen molar-refractivity contribution in [1.82, 2.24) is 5.06 Å². The molecule has 0 amide bonds. The summed E-state index contributed by atoms with van der Waals surface area (Å²) in [6.45, 7) is 0.719. The van der Waals surface area contributed by atoms with Gasteiger partial charge in [-0.15, -0.1) is 5.06 Å². The summed E-state index contributed by atoms with van der Waals surface area (Å²) in [5.74, 6) is -0.589. The van der Waals surface area contributed by atoms with Gasteiger partial charge in [-0.25, -0.2) is 9.18 Å². The van der Waals surface area contributed by atoms with Gasteiger partial charge in [-0.2, -0.15) is 0 Å². The summed E-state index contributed by atoms with van der Waals surface area (Å²) >= 11 is 0. The molecule has 1 atom stereocenters. The highest BCUT2D eigenvalue weighted by atomic mass is 19.1. The van der Waals surface area contributed by atoms with Crippen LogP contribution in [-0.4, -0.2) is 23.6 Å². The van der Waals surface area contributed by atoms with E-state index in [4.69, 9.17) is 4.84 Å². The lowest BCUT2D eigenvalue weighted by atomic mass is 10.1. The molecule has 0 unspecified atom stereocenters. The molecule has 1 aliphatic rings. The van der Waals surface area contributed by atoms with Gasteiger partial charge in [0.2, 0.25) is 0 Å². The standard InChI is InChI=1S/C19H18FNO2/c20-17-11-8-15(9-12-17)10-13-18-7-4-14-21(18)23-19(22)16-5-2-1-3-6-16/h1-3,5-6,8-13,18H,4,7,14H2/b13-10+/t18-/m1/s1. The van der Waals surface area contributed by atoms with Gasteiger partial charge < -0.3 is 4.84 Å².